The molecule has 2 N–H and O–H groups in total. The van der Waals surface area contributed by atoms with Crippen molar-refractivity contribution in [3.8, 4) is 17.1 Å². The van der Waals surface area contributed by atoms with Crippen LogP contribution in [0.1, 0.15) is 5.56 Å². The van der Waals surface area contributed by atoms with E-state index in [0.717, 1.165) is 21.3 Å². The molecule has 0 fully saturated rings. The predicted molar refractivity (Wildman–Crippen MR) is 86.4 cm³/mol. The molecule has 0 spiro atoms. The van der Waals surface area contributed by atoms with Gasteiger partial charge in [-0.1, -0.05) is 23.2 Å². The van der Waals surface area contributed by atoms with Crippen molar-refractivity contribution in [2.75, 3.05) is 5.73 Å². The molecule has 3 aromatic rings. The standard InChI is InChI=1S/C14H11BrClN5/c1-8-2-5-13(17)10(6-8)14-18-19-20-21(14)9-3-4-12(16)11(15)7-9/h2-7H,17H2,1H3. The van der Waals surface area contributed by atoms with Crippen LogP contribution in [0, 0.1) is 6.92 Å². The van der Waals surface area contributed by atoms with Gasteiger partial charge in [-0.05, 0) is 63.6 Å². The van der Waals surface area contributed by atoms with E-state index in [4.69, 9.17) is 17.3 Å². The summed E-state index contributed by atoms with van der Waals surface area (Å²) < 4.78 is 2.41. The van der Waals surface area contributed by atoms with E-state index in [1.807, 2.05) is 37.3 Å². The van der Waals surface area contributed by atoms with Crippen molar-refractivity contribution in [3.63, 3.8) is 0 Å². The number of aromatic nitrogens is 4. The van der Waals surface area contributed by atoms with Gasteiger partial charge in [0.05, 0.1) is 10.7 Å². The molecule has 5 nitrogen and oxygen atoms in total. The predicted octanol–water partition coefficient (Wildman–Crippen LogP) is 3.64. The number of benzene rings is 2. The SMILES string of the molecule is Cc1ccc(N)c(-c2nnnn2-c2ccc(Cl)c(Br)c2)c1. The Labute approximate surface area is 134 Å². The molecule has 0 aliphatic heterocycles. The molecule has 0 bridgehead atoms. The fraction of sp³-hybridized carbons (Fsp3) is 0.0714. The highest BCUT2D eigenvalue weighted by molar-refractivity contribution is 9.10. The van der Waals surface area contributed by atoms with E-state index in [0.29, 0.717) is 16.5 Å². The molecule has 0 amide bonds. The number of anilines is 1. The van der Waals surface area contributed by atoms with Crippen LogP contribution in [-0.4, -0.2) is 20.2 Å². The van der Waals surface area contributed by atoms with Crippen molar-refractivity contribution < 1.29 is 0 Å². The van der Waals surface area contributed by atoms with Gasteiger partial charge in [0.25, 0.3) is 0 Å². The lowest BCUT2D eigenvalue weighted by molar-refractivity contribution is 0.791. The third-order valence-electron chi connectivity index (χ3n) is 3.07. The summed E-state index contributed by atoms with van der Waals surface area (Å²) in [5.74, 6) is 0.588. The Bertz CT molecular complexity index is 815. The topological polar surface area (TPSA) is 69.6 Å². The summed E-state index contributed by atoms with van der Waals surface area (Å²) in [4.78, 5) is 0. The number of hydrogen-bond acceptors (Lipinski definition) is 4. The summed E-state index contributed by atoms with van der Waals surface area (Å²) in [5, 5.41) is 12.5. The largest absolute Gasteiger partial charge is 0.398 e. The Balaban J connectivity index is 2.17. The van der Waals surface area contributed by atoms with Crippen LogP contribution in [0.3, 0.4) is 0 Å². The molecule has 1 heterocycles. The Kier molecular flexibility index (Phi) is 3.65. The van der Waals surface area contributed by atoms with Crippen LogP contribution in [0.15, 0.2) is 40.9 Å². The van der Waals surface area contributed by atoms with Crippen molar-refractivity contribution >= 4 is 33.2 Å². The summed E-state index contributed by atoms with van der Waals surface area (Å²) in [6.45, 7) is 2.00. The van der Waals surface area contributed by atoms with Gasteiger partial charge in [-0.15, -0.1) is 5.10 Å². The zero-order chi connectivity index (χ0) is 15.0. The molecule has 0 radical (unpaired) electrons. The van der Waals surface area contributed by atoms with Crippen LogP contribution in [0.25, 0.3) is 17.1 Å². The van der Waals surface area contributed by atoms with Crippen LogP contribution in [0.5, 0.6) is 0 Å². The van der Waals surface area contributed by atoms with Crippen molar-refractivity contribution in [1.29, 1.82) is 0 Å². The first-order valence-electron chi connectivity index (χ1n) is 6.16. The number of nitrogen functional groups attached to an aromatic ring is 1. The van der Waals surface area contributed by atoms with E-state index in [9.17, 15) is 0 Å². The maximum absolute atomic E-state index is 6.04. The van der Waals surface area contributed by atoms with Gasteiger partial charge >= 0.3 is 0 Å². The summed E-state index contributed by atoms with van der Waals surface area (Å²) in [5.41, 5.74) is 9.36. The van der Waals surface area contributed by atoms with Gasteiger partial charge in [0, 0.05) is 15.7 Å². The molecule has 2 aromatic carbocycles. The van der Waals surface area contributed by atoms with E-state index >= 15 is 0 Å². The van der Waals surface area contributed by atoms with Gasteiger partial charge in [0.15, 0.2) is 5.82 Å². The highest BCUT2D eigenvalue weighted by Gasteiger charge is 2.14. The molecule has 0 aliphatic carbocycles. The minimum Gasteiger partial charge on any atom is -0.398 e. The fourth-order valence-corrected chi connectivity index (χ4v) is 2.49. The van der Waals surface area contributed by atoms with Gasteiger partial charge in [0.1, 0.15) is 0 Å². The maximum Gasteiger partial charge on any atom is 0.189 e. The monoisotopic (exact) mass is 363 g/mol. The normalized spacial score (nSPS) is 10.8. The number of hydrogen-bond donors (Lipinski definition) is 1. The van der Waals surface area contributed by atoms with Gasteiger partial charge in [-0.2, -0.15) is 4.68 Å². The Hall–Kier alpha value is -1.92. The average molecular weight is 365 g/mol. The second-order valence-corrected chi connectivity index (χ2v) is 5.86. The Morgan fingerprint density at radius 3 is 2.76 bits per heavy atom. The fourth-order valence-electron chi connectivity index (χ4n) is 2.01. The molecule has 0 atom stereocenters. The summed E-state index contributed by atoms with van der Waals surface area (Å²) >= 11 is 9.42. The molecule has 0 unspecified atom stereocenters. The molecule has 21 heavy (non-hydrogen) atoms. The highest BCUT2D eigenvalue weighted by Crippen LogP contribution is 2.29. The quantitative estimate of drug-likeness (QED) is 0.705. The Morgan fingerprint density at radius 1 is 1.19 bits per heavy atom. The van der Waals surface area contributed by atoms with Crippen LogP contribution >= 0.6 is 27.5 Å². The molecule has 7 heteroatoms. The molecule has 106 valence electrons. The lowest BCUT2D eigenvalue weighted by atomic mass is 10.1. The van der Waals surface area contributed by atoms with Crippen molar-refractivity contribution in [1.82, 2.24) is 20.2 Å². The Morgan fingerprint density at radius 2 is 2.00 bits per heavy atom. The number of aryl methyl sites for hydroxylation is 1. The van der Waals surface area contributed by atoms with E-state index in [1.54, 1.807) is 10.7 Å². The van der Waals surface area contributed by atoms with E-state index in [1.165, 1.54) is 0 Å². The van der Waals surface area contributed by atoms with Crippen molar-refractivity contribution in [2.24, 2.45) is 0 Å². The number of rotatable bonds is 2. The lowest BCUT2D eigenvalue weighted by Crippen LogP contribution is -2.02. The smallest absolute Gasteiger partial charge is 0.189 e. The number of halogens is 2. The minimum absolute atomic E-state index is 0.588. The van der Waals surface area contributed by atoms with Crippen LogP contribution in [-0.2, 0) is 0 Å². The van der Waals surface area contributed by atoms with Crippen LogP contribution in [0.2, 0.25) is 5.02 Å². The third kappa shape index (κ3) is 2.64. The lowest BCUT2D eigenvalue weighted by Gasteiger charge is -2.08. The first-order valence-corrected chi connectivity index (χ1v) is 7.33. The van der Waals surface area contributed by atoms with E-state index < -0.39 is 0 Å². The first-order chi connectivity index (χ1) is 10.1. The second-order valence-electron chi connectivity index (χ2n) is 4.60. The third-order valence-corrected chi connectivity index (χ3v) is 4.28. The molecule has 0 aliphatic rings. The number of tetrazole rings is 1. The molecular weight excluding hydrogens is 354 g/mol. The summed E-state index contributed by atoms with van der Waals surface area (Å²) in [7, 11) is 0. The zero-order valence-corrected chi connectivity index (χ0v) is 13.4. The van der Waals surface area contributed by atoms with Crippen molar-refractivity contribution in [2.45, 2.75) is 6.92 Å². The van der Waals surface area contributed by atoms with Crippen molar-refractivity contribution in [3.05, 3.63) is 51.5 Å². The molecule has 1 aromatic heterocycles. The van der Waals surface area contributed by atoms with Gasteiger partial charge in [0.2, 0.25) is 0 Å². The minimum atomic E-state index is 0.588. The molecule has 0 saturated carbocycles. The zero-order valence-electron chi connectivity index (χ0n) is 11.1. The van der Waals surface area contributed by atoms with Gasteiger partial charge in [-0.25, -0.2) is 0 Å². The van der Waals surface area contributed by atoms with Gasteiger partial charge in [-0.3, -0.25) is 0 Å². The summed E-state index contributed by atoms with van der Waals surface area (Å²) in [6.07, 6.45) is 0. The second kappa shape index (κ2) is 5.46. The van der Waals surface area contributed by atoms with Gasteiger partial charge < -0.3 is 5.73 Å². The average Bonchev–Trinajstić information content (AvgIpc) is 2.93. The summed E-state index contributed by atoms with van der Waals surface area (Å²) in [6, 6.07) is 11.2. The first kappa shape index (κ1) is 14.0. The number of nitrogens with two attached hydrogens (primary N) is 1. The van der Waals surface area contributed by atoms with Crippen LogP contribution < -0.4 is 5.73 Å². The highest BCUT2D eigenvalue weighted by atomic mass is 79.9. The molecule has 3 rings (SSSR count). The van der Waals surface area contributed by atoms with Crippen LogP contribution in [0.4, 0.5) is 5.69 Å². The number of nitrogens with zero attached hydrogens (tertiary/aromatic N) is 4. The maximum atomic E-state index is 6.04. The molecular formula is C14H11BrClN5. The molecule has 0 saturated heterocycles. The van der Waals surface area contributed by atoms with E-state index in [-0.39, 0.29) is 0 Å². The van der Waals surface area contributed by atoms with E-state index in [2.05, 4.69) is 31.5 Å².